The van der Waals surface area contributed by atoms with Gasteiger partial charge in [-0.25, -0.2) is 8.42 Å². The van der Waals surface area contributed by atoms with E-state index < -0.39 is 21.8 Å². The molecule has 1 atom stereocenters. The Labute approximate surface area is 173 Å². The van der Waals surface area contributed by atoms with Gasteiger partial charge in [-0.05, 0) is 55.8 Å². The standard InChI is InChI=1S/C20H23F3N2O4S/c1-3-5-14(2)24-19(26)13-29-17-8-10-18(11-9-17)30(27,28)25-16-7-4-6-15(12-16)20(21,22)23/h4,6-12,14,25H,3,5,13H2,1-2H3,(H,24,26)/t14-/m0/s1. The number of amides is 1. The Balaban J connectivity index is 2.00. The molecule has 0 aliphatic rings. The highest BCUT2D eigenvalue weighted by atomic mass is 32.2. The van der Waals surface area contributed by atoms with E-state index in [0.29, 0.717) is 6.07 Å². The molecule has 0 aliphatic heterocycles. The minimum absolute atomic E-state index is 0.0283. The van der Waals surface area contributed by atoms with Crippen LogP contribution in [0.5, 0.6) is 5.75 Å². The highest BCUT2D eigenvalue weighted by Gasteiger charge is 2.30. The summed E-state index contributed by atoms with van der Waals surface area (Å²) in [4.78, 5) is 11.6. The fourth-order valence-electron chi connectivity index (χ4n) is 2.66. The second-order valence-corrected chi connectivity index (χ2v) is 8.38. The van der Waals surface area contributed by atoms with Crippen LogP contribution in [0.4, 0.5) is 18.9 Å². The Hall–Kier alpha value is -2.75. The Morgan fingerprint density at radius 3 is 2.40 bits per heavy atom. The monoisotopic (exact) mass is 444 g/mol. The third-order valence-electron chi connectivity index (χ3n) is 4.08. The van der Waals surface area contributed by atoms with Crippen molar-refractivity contribution in [2.75, 3.05) is 11.3 Å². The molecule has 30 heavy (non-hydrogen) atoms. The van der Waals surface area contributed by atoms with Crippen LogP contribution in [0.2, 0.25) is 0 Å². The molecule has 0 saturated carbocycles. The van der Waals surface area contributed by atoms with Crippen LogP contribution in [0.1, 0.15) is 32.3 Å². The van der Waals surface area contributed by atoms with Crippen molar-refractivity contribution in [3.63, 3.8) is 0 Å². The summed E-state index contributed by atoms with van der Waals surface area (Å²) in [5.41, 5.74) is -1.17. The summed E-state index contributed by atoms with van der Waals surface area (Å²) >= 11 is 0. The zero-order valence-electron chi connectivity index (χ0n) is 16.5. The van der Waals surface area contributed by atoms with Gasteiger partial charge in [-0.2, -0.15) is 13.2 Å². The lowest BCUT2D eigenvalue weighted by molar-refractivity contribution is -0.137. The number of nitrogens with one attached hydrogen (secondary N) is 2. The number of carbonyl (C=O) groups is 1. The Morgan fingerprint density at radius 1 is 1.13 bits per heavy atom. The molecule has 0 aromatic heterocycles. The molecule has 2 N–H and O–H groups in total. The van der Waals surface area contributed by atoms with E-state index in [2.05, 4.69) is 10.0 Å². The topological polar surface area (TPSA) is 84.5 Å². The van der Waals surface area contributed by atoms with E-state index in [1.54, 1.807) is 0 Å². The highest BCUT2D eigenvalue weighted by Crippen LogP contribution is 2.31. The van der Waals surface area contributed by atoms with E-state index in [-0.39, 0.29) is 34.9 Å². The number of benzene rings is 2. The maximum Gasteiger partial charge on any atom is 0.416 e. The van der Waals surface area contributed by atoms with Gasteiger partial charge in [-0.15, -0.1) is 0 Å². The van der Waals surface area contributed by atoms with E-state index >= 15 is 0 Å². The number of carbonyl (C=O) groups excluding carboxylic acids is 1. The van der Waals surface area contributed by atoms with Crippen LogP contribution < -0.4 is 14.8 Å². The lowest BCUT2D eigenvalue weighted by Crippen LogP contribution is -2.35. The van der Waals surface area contributed by atoms with Crippen molar-refractivity contribution >= 4 is 21.6 Å². The van der Waals surface area contributed by atoms with Crippen LogP contribution in [0.15, 0.2) is 53.4 Å². The third kappa shape index (κ3) is 6.94. The zero-order valence-corrected chi connectivity index (χ0v) is 17.3. The molecule has 0 bridgehead atoms. The summed E-state index contributed by atoms with van der Waals surface area (Å²) in [5, 5.41) is 2.78. The van der Waals surface area contributed by atoms with Crippen LogP contribution >= 0.6 is 0 Å². The number of ether oxygens (including phenoxy) is 1. The maximum absolute atomic E-state index is 12.8. The van der Waals surface area contributed by atoms with E-state index in [4.69, 9.17) is 4.74 Å². The molecule has 2 rings (SSSR count). The van der Waals surface area contributed by atoms with Crippen molar-refractivity contribution in [2.24, 2.45) is 0 Å². The van der Waals surface area contributed by atoms with Gasteiger partial charge >= 0.3 is 6.18 Å². The molecule has 2 aromatic rings. The molecule has 1 amide bonds. The molecule has 0 spiro atoms. The molecule has 0 unspecified atom stereocenters. The number of rotatable bonds is 9. The molecule has 0 fully saturated rings. The van der Waals surface area contributed by atoms with E-state index in [1.165, 1.54) is 30.3 Å². The van der Waals surface area contributed by atoms with Gasteiger partial charge in [0, 0.05) is 11.7 Å². The lowest BCUT2D eigenvalue weighted by Gasteiger charge is -2.13. The Kier molecular flexibility index (Phi) is 7.71. The Morgan fingerprint density at radius 2 is 1.80 bits per heavy atom. The fraction of sp³-hybridized carbons (Fsp3) is 0.350. The number of halogens is 3. The number of anilines is 1. The van der Waals surface area contributed by atoms with Crippen LogP contribution in [-0.2, 0) is 21.0 Å². The number of sulfonamides is 1. The van der Waals surface area contributed by atoms with Gasteiger partial charge < -0.3 is 10.1 Å². The molecule has 164 valence electrons. The first-order valence-corrected chi connectivity index (χ1v) is 10.7. The van der Waals surface area contributed by atoms with Crippen molar-refractivity contribution in [3.05, 3.63) is 54.1 Å². The van der Waals surface area contributed by atoms with Crippen LogP contribution in [0.25, 0.3) is 0 Å². The van der Waals surface area contributed by atoms with Crippen molar-refractivity contribution in [1.82, 2.24) is 5.32 Å². The van der Waals surface area contributed by atoms with Crippen LogP contribution in [0, 0.1) is 0 Å². The molecule has 0 radical (unpaired) electrons. The second-order valence-electron chi connectivity index (χ2n) is 6.70. The maximum atomic E-state index is 12.8. The summed E-state index contributed by atoms with van der Waals surface area (Å²) in [7, 11) is -4.10. The minimum atomic E-state index is -4.58. The SMILES string of the molecule is CCC[C@H](C)NC(=O)COc1ccc(S(=O)(=O)Nc2cccc(C(F)(F)F)c2)cc1. The quantitative estimate of drug-likeness (QED) is 0.608. The van der Waals surface area contributed by atoms with Crippen LogP contribution in [-0.4, -0.2) is 27.0 Å². The molecule has 0 heterocycles. The molecular formula is C20H23F3N2O4S. The predicted octanol–water partition coefficient (Wildman–Crippen LogP) is 4.19. The second kappa shape index (κ2) is 9.84. The summed E-state index contributed by atoms with van der Waals surface area (Å²) in [6.45, 7) is 3.68. The van der Waals surface area contributed by atoms with Crippen molar-refractivity contribution in [2.45, 2.75) is 43.8 Å². The first kappa shape index (κ1) is 23.5. The molecule has 0 aliphatic carbocycles. The molecule has 0 saturated heterocycles. The van der Waals surface area contributed by atoms with Gasteiger partial charge in [0.25, 0.3) is 15.9 Å². The lowest BCUT2D eigenvalue weighted by atomic mass is 10.2. The predicted molar refractivity (Wildman–Crippen MR) is 107 cm³/mol. The summed E-state index contributed by atoms with van der Waals surface area (Å²) in [5.74, 6) is -0.00910. The third-order valence-corrected chi connectivity index (χ3v) is 5.47. The fourth-order valence-corrected chi connectivity index (χ4v) is 3.71. The molecular weight excluding hydrogens is 421 g/mol. The van der Waals surface area contributed by atoms with Gasteiger partial charge in [-0.1, -0.05) is 19.4 Å². The largest absolute Gasteiger partial charge is 0.484 e. The zero-order chi connectivity index (χ0) is 22.4. The Bertz CT molecular complexity index is 961. The molecule has 2 aromatic carbocycles. The van der Waals surface area contributed by atoms with E-state index in [9.17, 15) is 26.4 Å². The minimum Gasteiger partial charge on any atom is -0.484 e. The molecule has 10 heteroatoms. The average Bonchev–Trinajstić information content (AvgIpc) is 2.66. The van der Waals surface area contributed by atoms with E-state index in [0.717, 1.165) is 25.0 Å². The molecule has 6 nitrogen and oxygen atoms in total. The first-order chi connectivity index (χ1) is 14.0. The van der Waals surface area contributed by atoms with Gasteiger partial charge in [0.15, 0.2) is 6.61 Å². The highest BCUT2D eigenvalue weighted by molar-refractivity contribution is 7.92. The summed E-state index contributed by atoms with van der Waals surface area (Å²) in [6.07, 6.45) is -2.80. The number of hydrogen-bond donors (Lipinski definition) is 2. The normalized spacial score (nSPS) is 12.8. The summed E-state index contributed by atoms with van der Waals surface area (Å²) in [6, 6.07) is 9.14. The van der Waals surface area contributed by atoms with Crippen molar-refractivity contribution < 1.29 is 31.1 Å². The number of hydrogen-bond acceptors (Lipinski definition) is 4. The van der Waals surface area contributed by atoms with Gasteiger partial charge in [0.1, 0.15) is 5.75 Å². The first-order valence-electron chi connectivity index (χ1n) is 9.23. The average molecular weight is 444 g/mol. The number of alkyl halides is 3. The van der Waals surface area contributed by atoms with Gasteiger partial charge in [0.05, 0.1) is 10.5 Å². The van der Waals surface area contributed by atoms with Crippen molar-refractivity contribution in [1.29, 1.82) is 0 Å². The van der Waals surface area contributed by atoms with Gasteiger partial charge in [-0.3, -0.25) is 9.52 Å². The smallest absolute Gasteiger partial charge is 0.416 e. The van der Waals surface area contributed by atoms with E-state index in [1.807, 2.05) is 13.8 Å². The summed E-state index contributed by atoms with van der Waals surface area (Å²) < 4.78 is 70.7. The van der Waals surface area contributed by atoms with Gasteiger partial charge in [0.2, 0.25) is 0 Å². The van der Waals surface area contributed by atoms with Crippen LogP contribution in [0.3, 0.4) is 0 Å². The van der Waals surface area contributed by atoms with Crippen molar-refractivity contribution in [3.8, 4) is 5.75 Å².